The van der Waals surface area contributed by atoms with Crippen molar-refractivity contribution in [3.8, 4) is 5.75 Å². The van der Waals surface area contributed by atoms with Crippen molar-refractivity contribution in [1.82, 2.24) is 9.88 Å². The number of ether oxygens (including phenoxy) is 1. The first-order valence-corrected chi connectivity index (χ1v) is 10.6. The molecule has 8 heteroatoms. The van der Waals surface area contributed by atoms with Crippen molar-refractivity contribution in [3.05, 3.63) is 53.7 Å². The smallest absolute Gasteiger partial charge is 0.224 e. The van der Waals surface area contributed by atoms with E-state index in [4.69, 9.17) is 4.74 Å². The largest absolute Gasteiger partial charge is 0.497 e. The summed E-state index contributed by atoms with van der Waals surface area (Å²) >= 11 is 0. The summed E-state index contributed by atoms with van der Waals surface area (Å²) in [6.45, 7) is 2.58. The first kappa shape index (κ1) is 21.4. The Labute approximate surface area is 185 Å². The van der Waals surface area contributed by atoms with E-state index in [1.165, 1.54) is 6.92 Å². The third-order valence-electron chi connectivity index (χ3n) is 5.59. The number of methoxy groups -OCH3 is 1. The summed E-state index contributed by atoms with van der Waals surface area (Å²) in [6.07, 6.45) is 1.01. The Hall–Kier alpha value is -3.81. The maximum absolute atomic E-state index is 12.8. The van der Waals surface area contributed by atoms with E-state index in [0.717, 1.165) is 34.3 Å². The van der Waals surface area contributed by atoms with Crippen LogP contribution in [0.3, 0.4) is 0 Å². The van der Waals surface area contributed by atoms with E-state index in [1.54, 1.807) is 31.4 Å². The van der Waals surface area contributed by atoms with Crippen LogP contribution >= 0.6 is 0 Å². The number of aromatic amines is 1. The van der Waals surface area contributed by atoms with Gasteiger partial charge < -0.3 is 25.3 Å². The van der Waals surface area contributed by atoms with Crippen LogP contribution in [-0.2, 0) is 27.3 Å². The minimum atomic E-state index is -0.222. The Morgan fingerprint density at radius 3 is 2.44 bits per heavy atom. The van der Waals surface area contributed by atoms with Crippen LogP contribution in [0.2, 0.25) is 0 Å². The Bertz CT molecular complexity index is 1170. The van der Waals surface area contributed by atoms with Gasteiger partial charge in [-0.1, -0.05) is 0 Å². The number of nitrogens with one attached hydrogen (secondary N) is 3. The van der Waals surface area contributed by atoms with Gasteiger partial charge in [-0.15, -0.1) is 0 Å². The number of aromatic nitrogens is 1. The Kier molecular flexibility index (Phi) is 6.11. The second-order valence-electron chi connectivity index (χ2n) is 7.87. The number of carbonyl (C=O) groups is 3. The zero-order valence-electron chi connectivity index (χ0n) is 18.2. The molecule has 1 aliphatic rings. The molecule has 8 nitrogen and oxygen atoms in total. The fourth-order valence-corrected chi connectivity index (χ4v) is 3.98. The highest BCUT2D eigenvalue weighted by atomic mass is 16.5. The molecule has 3 aromatic rings. The van der Waals surface area contributed by atoms with E-state index in [0.29, 0.717) is 24.5 Å². The van der Waals surface area contributed by atoms with Crippen LogP contribution in [0.5, 0.6) is 5.75 Å². The summed E-state index contributed by atoms with van der Waals surface area (Å²) in [5, 5.41) is 6.53. The monoisotopic (exact) mass is 434 g/mol. The van der Waals surface area contributed by atoms with Gasteiger partial charge >= 0.3 is 0 Å². The molecule has 4 rings (SSSR count). The molecule has 166 valence electrons. The molecule has 2 aromatic carbocycles. The molecule has 0 radical (unpaired) electrons. The van der Waals surface area contributed by atoms with E-state index < -0.39 is 0 Å². The summed E-state index contributed by atoms with van der Waals surface area (Å²) in [5.74, 6) is 0.366. The quantitative estimate of drug-likeness (QED) is 0.553. The van der Waals surface area contributed by atoms with Gasteiger partial charge in [-0.2, -0.15) is 0 Å². The summed E-state index contributed by atoms with van der Waals surface area (Å²) in [5.41, 5.74) is 4.57. The average Bonchev–Trinajstić information content (AvgIpc) is 3.15. The standard InChI is InChI=1S/C24H26N4O4/c1-15(29)25-16-3-5-17(6-4-16)26-23(30)9-10-24(31)28-12-11-22-20(14-28)19-13-18(32-2)7-8-21(19)27-22/h3-8,13,27H,9-12,14H2,1-2H3,(H,25,29)(H,26,30). The first-order valence-electron chi connectivity index (χ1n) is 10.6. The van der Waals surface area contributed by atoms with E-state index >= 15 is 0 Å². The van der Waals surface area contributed by atoms with Crippen molar-refractivity contribution in [2.75, 3.05) is 24.3 Å². The maximum Gasteiger partial charge on any atom is 0.224 e. The first-order chi connectivity index (χ1) is 15.4. The second kappa shape index (κ2) is 9.13. The van der Waals surface area contributed by atoms with Gasteiger partial charge in [-0.05, 0) is 42.5 Å². The highest BCUT2D eigenvalue weighted by molar-refractivity contribution is 5.94. The van der Waals surface area contributed by atoms with Gasteiger partial charge in [-0.25, -0.2) is 0 Å². The molecule has 3 amide bonds. The average molecular weight is 434 g/mol. The summed E-state index contributed by atoms with van der Waals surface area (Å²) in [7, 11) is 1.64. The van der Waals surface area contributed by atoms with Crippen LogP contribution in [-0.4, -0.2) is 41.3 Å². The van der Waals surface area contributed by atoms with E-state index in [2.05, 4.69) is 15.6 Å². The summed E-state index contributed by atoms with van der Waals surface area (Å²) in [6, 6.07) is 12.7. The molecule has 0 spiro atoms. The van der Waals surface area contributed by atoms with E-state index in [1.807, 2.05) is 23.1 Å². The highest BCUT2D eigenvalue weighted by Gasteiger charge is 2.24. The van der Waals surface area contributed by atoms with Crippen LogP contribution < -0.4 is 15.4 Å². The number of benzene rings is 2. The number of nitrogens with zero attached hydrogens (tertiary/aromatic N) is 1. The zero-order valence-corrected chi connectivity index (χ0v) is 18.2. The minimum absolute atomic E-state index is 0.0379. The van der Waals surface area contributed by atoms with Gasteiger partial charge in [0.2, 0.25) is 17.7 Å². The third kappa shape index (κ3) is 4.74. The van der Waals surface area contributed by atoms with Crippen LogP contribution in [0.4, 0.5) is 11.4 Å². The molecule has 0 aliphatic carbocycles. The lowest BCUT2D eigenvalue weighted by atomic mass is 10.0. The van der Waals surface area contributed by atoms with Gasteiger partial charge in [0.15, 0.2) is 0 Å². The molecule has 0 fully saturated rings. The highest BCUT2D eigenvalue weighted by Crippen LogP contribution is 2.30. The van der Waals surface area contributed by atoms with Gasteiger partial charge in [-0.3, -0.25) is 14.4 Å². The van der Waals surface area contributed by atoms with Gasteiger partial charge in [0.25, 0.3) is 0 Å². The lowest BCUT2D eigenvalue weighted by molar-refractivity contribution is -0.133. The number of rotatable bonds is 6. The van der Waals surface area contributed by atoms with Crippen molar-refractivity contribution in [3.63, 3.8) is 0 Å². The van der Waals surface area contributed by atoms with Crippen molar-refractivity contribution in [2.24, 2.45) is 0 Å². The van der Waals surface area contributed by atoms with Crippen LogP contribution in [0, 0.1) is 0 Å². The molecule has 1 aliphatic heterocycles. The van der Waals surface area contributed by atoms with E-state index in [-0.39, 0.29) is 30.6 Å². The third-order valence-corrected chi connectivity index (χ3v) is 5.59. The molecule has 0 saturated carbocycles. The van der Waals surface area contributed by atoms with Crippen molar-refractivity contribution in [2.45, 2.75) is 32.7 Å². The summed E-state index contributed by atoms with van der Waals surface area (Å²) in [4.78, 5) is 41.4. The predicted octanol–water partition coefficient (Wildman–Crippen LogP) is 3.44. The normalized spacial score (nSPS) is 12.9. The fraction of sp³-hybridized carbons (Fsp3) is 0.292. The Morgan fingerprint density at radius 1 is 1.03 bits per heavy atom. The number of fused-ring (bicyclic) bond motifs is 3. The number of carbonyl (C=O) groups excluding carboxylic acids is 3. The molecule has 1 aromatic heterocycles. The second-order valence-corrected chi connectivity index (χ2v) is 7.87. The van der Waals surface area contributed by atoms with E-state index in [9.17, 15) is 14.4 Å². The molecule has 0 atom stereocenters. The van der Waals surface area contributed by atoms with Gasteiger partial charge in [0, 0.05) is 72.8 Å². The van der Waals surface area contributed by atoms with Crippen molar-refractivity contribution in [1.29, 1.82) is 0 Å². The number of H-pyrrole nitrogens is 1. The van der Waals surface area contributed by atoms with Crippen LogP contribution in [0.1, 0.15) is 31.0 Å². The predicted molar refractivity (Wildman–Crippen MR) is 123 cm³/mol. The van der Waals surface area contributed by atoms with Crippen LogP contribution in [0.25, 0.3) is 10.9 Å². The molecule has 32 heavy (non-hydrogen) atoms. The number of hydrogen-bond acceptors (Lipinski definition) is 4. The van der Waals surface area contributed by atoms with Crippen molar-refractivity contribution < 1.29 is 19.1 Å². The molecule has 0 saturated heterocycles. The fourth-order valence-electron chi connectivity index (χ4n) is 3.98. The zero-order chi connectivity index (χ0) is 22.7. The van der Waals surface area contributed by atoms with Crippen molar-refractivity contribution >= 4 is 40.0 Å². The Balaban J connectivity index is 1.33. The SMILES string of the molecule is COc1ccc2[nH]c3c(c2c1)CN(C(=O)CCC(=O)Nc1ccc(NC(C)=O)cc1)CC3. The lowest BCUT2D eigenvalue weighted by Crippen LogP contribution is -2.36. The topological polar surface area (TPSA) is 104 Å². The molecular formula is C24H26N4O4. The van der Waals surface area contributed by atoms with Gasteiger partial charge in [0.05, 0.1) is 7.11 Å². The molecule has 0 unspecified atom stereocenters. The molecular weight excluding hydrogens is 408 g/mol. The number of amides is 3. The molecule has 3 N–H and O–H groups in total. The number of anilines is 2. The number of hydrogen-bond donors (Lipinski definition) is 3. The Morgan fingerprint density at radius 2 is 1.75 bits per heavy atom. The molecule has 0 bridgehead atoms. The minimum Gasteiger partial charge on any atom is -0.497 e. The van der Waals surface area contributed by atoms with Crippen LogP contribution in [0.15, 0.2) is 42.5 Å². The maximum atomic E-state index is 12.8. The lowest BCUT2D eigenvalue weighted by Gasteiger charge is -2.27. The molecule has 2 heterocycles. The van der Waals surface area contributed by atoms with Gasteiger partial charge in [0.1, 0.15) is 5.75 Å². The summed E-state index contributed by atoms with van der Waals surface area (Å²) < 4.78 is 5.34.